The third-order valence-corrected chi connectivity index (χ3v) is 6.54. The van der Waals surface area contributed by atoms with E-state index in [1.807, 2.05) is 12.2 Å². The molecule has 2 bridgehead atoms. The fraction of sp³-hybridized carbons (Fsp3) is 0.250. The highest BCUT2D eigenvalue weighted by Gasteiger charge is 2.59. The Balaban J connectivity index is 1.30. The molecule has 10 nitrogen and oxygen atoms in total. The minimum absolute atomic E-state index is 0.00407. The standard InChI is InChI=1S/C24H19N3O7/c28-22-20-16-6-7-17(10-16)21(20)23(29)26(22)25-11-14-3-8-19(18(9-14)27(32)33)34-12-13-1-4-15(5-2-13)24(30)31/h1-9,11,16-17,20-21H,10,12H2,(H,30,31). The number of hydrogen-bond acceptors (Lipinski definition) is 7. The van der Waals surface area contributed by atoms with E-state index in [2.05, 4.69) is 5.10 Å². The number of allylic oxidation sites excluding steroid dienone is 2. The average Bonchev–Trinajstić information content (AvgIpc) is 3.51. The quantitative estimate of drug-likeness (QED) is 0.220. The molecule has 0 radical (unpaired) electrons. The number of aromatic carboxylic acids is 1. The second kappa shape index (κ2) is 8.22. The van der Waals surface area contributed by atoms with Gasteiger partial charge in [0, 0.05) is 11.6 Å². The molecule has 3 aliphatic rings. The number of hydrogen-bond donors (Lipinski definition) is 1. The number of benzene rings is 2. The van der Waals surface area contributed by atoms with E-state index in [4.69, 9.17) is 9.84 Å². The number of fused-ring (bicyclic) bond motifs is 5. The Bertz CT molecular complexity index is 1240. The van der Waals surface area contributed by atoms with Gasteiger partial charge >= 0.3 is 11.7 Å². The van der Waals surface area contributed by atoms with Crippen molar-refractivity contribution in [1.29, 1.82) is 0 Å². The molecule has 2 fully saturated rings. The van der Waals surface area contributed by atoms with Gasteiger partial charge in [-0.25, -0.2) is 4.79 Å². The minimum Gasteiger partial charge on any atom is -0.482 e. The van der Waals surface area contributed by atoms with Gasteiger partial charge in [-0.2, -0.15) is 10.1 Å². The van der Waals surface area contributed by atoms with Gasteiger partial charge in [0.15, 0.2) is 5.75 Å². The Morgan fingerprint density at radius 2 is 1.76 bits per heavy atom. The summed E-state index contributed by atoms with van der Waals surface area (Å²) in [6, 6.07) is 10.2. The first-order valence-electron chi connectivity index (χ1n) is 10.7. The van der Waals surface area contributed by atoms with Crippen molar-refractivity contribution in [1.82, 2.24) is 5.01 Å². The van der Waals surface area contributed by atoms with Crippen LogP contribution in [0, 0.1) is 33.8 Å². The number of carbonyl (C=O) groups is 3. The number of carboxylic acids is 1. The number of carbonyl (C=O) groups excluding carboxylic acids is 2. The summed E-state index contributed by atoms with van der Waals surface area (Å²) in [5.41, 5.74) is 0.804. The van der Waals surface area contributed by atoms with E-state index in [1.165, 1.54) is 36.5 Å². The lowest BCUT2D eigenvalue weighted by molar-refractivity contribution is -0.385. The Kier molecular flexibility index (Phi) is 5.20. The number of carboxylic acid groups (broad SMARTS) is 1. The van der Waals surface area contributed by atoms with E-state index >= 15 is 0 Å². The van der Waals surface area contributed by atoms with Gasteiger partial charge in [-0.1, -0.05) is 24.3 Å². The first-order chi connectivity index (χ1) is 16.3. The van der Waals surface area contributed by atoms with Crippen LogP contribution in [-0.2, 0) is 16.2 Å². The number of nitrogens with zero attached hydrogens (tertiary/aromatic N) is 3. The fourth-order valence-electron chi connectivity index (χ4n) is 4.91. The van der Waals surface area contributed by atoms with Gasteiger partial charge in [0.05, 0.1) is 28.5 Å². The lowest BCUT2D eigenvalue weighted by Crippen LogP contribution is -2.28. The first-order valence-corrected chi connectivity index (χ1v) is 10.7. The summed E-state index contributed by atoms with van der Waals surface area (Å²) < 4.78 is 5.57. The van der Waals surface area contributed by atoms with E-state index < -0.39 is 10.9 Å². The van der Waals surface area contributed by atoms with Crippen molar-refractivity contribution in [2.75, 3.05) is 0 Å². The highest BCUT2D eigenvalue weighted by molar-refractivity contribution is 6.06. The molecule has 2 aromatic rings. The van der Waals surface area contributed by atoms with Crippen LogP contribution in [0.1, 0.15) is 27.9 Å². The second-order valence-electron chi connectivity index (χ2n) is 8.51. The monoisotopic (exact) mass is 461 g/mol. The van der Waals surface area contributed by atoms with Crippen LogP contribution in [-0.4, -0.2) is 39.0 Å². The van der Waals surface area contributed by atoms with E-state index in [0.29, 0.717) is 11.1 Å². The molecule has 1 saturated carbocycles. The third-order valence-electron chi connectivity index (χ3n) is 6.54. The van der Waals surface area contributed by atoms with E-state index in [-0.39, 0.29) is 59.1 Å². The Labute approximate surface area is 193 Å². The van der Waals surface area contributed by atoms with Gasteiger partial charge in [-0.15, -0.1) is 0 Å². The molecule has 1 N–H and O–H groups in total. The van der Waals surface area contributed by atoms with Crippen molar-refractivity contribution in [3.8, 4) is 5.75 Å². The number of rotatable bonds is 7. The fourth-order valence-corrected chi connectivity index (χ4v) is 4.91. The summed E-state index contributed by atoms with van der Waals surface area (Å²) in [5, 5.41) is 25.5. The molecule has 2 aliphatic carbocycles. The molecule has 10 heteroatoms. The van der Waals surface area contributed by atoms with Crippen LogP contribution in [0.15, 0.2) is 59.7 Å². The molecule has 172 valence electrons. The van der Waals surface area contributed by atoms with E-state index in [0.717, 1.165) is 11.4 Å². The van der Waals surface area contributed by atoms with Crippen LogP contribution in [0.2, 0.25) is 0 Å². The molecule has 4 atom stereocenters. The van der Waals surface area contributed by atoms with Crippen LogP contribution in [0.3, 0.4) is 0 Å². The molecule has 2 aromatic carbocycles. The summed E-state index contributed by atoms with van der Waals surface area (Å²) in [6.45, 7) is 0.00407. The predicted molar refractivity (Wildman–Crippen MR) is 118 cm³/mol. The molecule has 34 heavy (non-hydrogen) atoms. The van der Waals surface area contributed by atoms with E-state index in [9.17, 15) is 24.5 Å². The lowest BCUT2D eigenvalue weighted by Gasteiger charge is -2.13. The molecule has 0 aromatic heterocycles. The topological polar surface area (TPSA) is 139 Å². The van der Waals surface area contributed by atoms with Crippen molar-refractivity contribution in [2.24, 2.45) is 28.8 Å². The van der Waals surface area contributed by atoms with Crippen molar-refractivity contribution in [3.63, 3.8) is 0 Å². The van der Waals surface area contributed by atoms with E-state index in [1.54, 1.807) is 12.1 Å². The molecule has 1 saturated heterocycles. The van der Waals surface area contributed by atoms with Crippen molar-refractivity contribution in [3.05, 3.63) is 81.4 Å². The highest BCUT2D eigenvalue weighted by atomic mass is 16.6. The number of ether oxygens (including phenoxy) is 1. The zero-order valence-electron chi connectivity index (χ0n) is 17.7. The van der Waals surface area contributed by atoms with Crippen molar-refractivity contribution < 1.29 is 29.2 Å². The first kappa shape index (κ1) is 21.5. The highest BCUT2D eigenvalue weighted by Crippen LogP contribution is 2.52. The number of amides is 2. The zero-order chi connectivity index (χ0) is 24.0. The van der Waals surface area contributed by atoms with Crippen LogP contribution in [0.5, 0.6) is 5.75 Å². The van der Waals surface area contributed by atoms with Crippen molar-refractivity contribution in [2.45, 2.75) is 13.0 Å². The van der Waals surface area contributed by atoms with Gasteiger partial charge in [0.2, 0.25) is 0 Å². The molecule has 2 amide bonds. The van der Waals surface area contributed by atoms with Crippen LogP contribution < -0.4 is 4.74 Å². The molecule has 1 aliphatic heterocycles. The van der Waals surface area contributed by atoms with Gasteiger partial charge in [-0.05, 0) is 48.1 Å². The maximum Gasteiger partial charge on any atom is 0.335 e. The largest absolute Gasteiger partial charge is 0.482 e. The Morgan fingerprint density at radius 3 is 2.35 bits per heavy atom. The normalized spacial score (nSPS) is 24.8. The third kappa shape index (κ3) is 3.62. The summed E-state index contributed by atoms with van der Waals surface area (Å²) >= 11 is 0. The smallest absolute Gasteiger partial charge is 0.335 e. The summed E-state index contributed by atoms with van der Waals surface area (Å²) in [5.74, 6) is -2.27. The maximum absolute atomic E-state index is 12.7. The van der Waals surface area contributed by atoms with Crippen molar-refractivity contribution >= 4 is 29.7 Å². The van der Waals surface area contributed by atoms with Gasteiger partial charge in [-0.3, -0.25) is 19.7 Å². The van der Waals surface area contributed by atoms with Gasteiger partial charge in [0.1, 0.15) is 6.61 Å². The molecule has 0 spiro atoms. The van der Waals surface area contributed by atoms with Gasteiger partial charge < -0.3 is 9.84 Å². The SMILES string of the molecule is O=C(O)c1ccc(COc2ccc(C=NN3C(=O)C4C5C=CC(C5)C4C3=O)cc2[N+](=O)[O-])cc1. The summed E-state index contributed by atoms with van der Waals surface area (Å²) in [6.07, 6.45) is 6.06. The average molecular weight is 461 g/mol. The van der Waals surface area contributed by atoms with Gasteiger partial charge in [0.25, 0.3) is 11.8 Å². The molecule has 4 unspecified atom stereocenters. The van der Waals surface area contributed by atoms with Crippen LogP contribution in [0.4, 0.5) is 5.69 Å². The molecule has 5 rings (SSSR count). The minimum atomic E-state index is -1.05. The molecular weight excluding hydrogens is 442 g/mol. The molecule has 1 heterocycles. The number of hydrazone groups is 1. The Morgan fingerprint density at radius 1 is 1.12 bits per heavy atom. The lowest BCUT2D eigenvalue weighted by atomic mass is 9.85. The maximum atomic E-state index is 12.7. The number of nitro groups is 1. The number of nitro benzene ring substituents is 1. The van der Waals surface area contributed by atoms with Crippen LogP contribution in [0.25, 0.3) is 0 Å². The predicted octanol–water partition coefficient (Wildman–Crippen LogP) is 3.01. The number of imide groups is 1. The van der Waals surface area contributed by atoms with Crippen LogP contribution >= 0.6 is 0 Å². The Hall–Kier alpha value is -4.34. The zero-order valence-corrected chi connectivity index (χ0v) is 17.7. The summed E-state index contributed by atoms with van der Waals surface area (Å²) in [4.78, 5) is 47.3. The summed E-state index contributed by atoms with van der Waals surface area (Å²) in [7, 11) is 0. The second-order valence-corrected chi connectivity index (χ2v) is 8.51. The molecular formula is C24H19N3O7.